The SMILES string of the molecule is O[C@](c1ccc(F)cc1)(c1cccs1)C1CC1. The lowest BCUT2D eigenvalue weighted by Gasteiger charge is -2.27. The van der Waals surface area contributed by atoms with Gasteiger partial charge in [0.1, 0.15) is 11.4 Å². The second kappa shape index (κ2) is 3.93. The number of halogens is 1. The van der Waals surface area contributed by atoms with E-state index in [1.165, 1.54) is 12.1 Å². The quantitative estimate of drug-likeness (QED) is 0.881. The van der Waals surface area contributed by atoms with Crippen LogP contribution in [0.3, 0.4) is 0 Å². The summed E-state index contributed by atoms with van der Waals surface area (Å²) in [5, 5.41) is 12.9. The number of benzene rings is 1. The monoisotopic (exact) mass is 248 g/mol. The Morgan fingerprint density at radius 3 is 2.41 bits per heavy atom. The molecule has 1 aliphatic rings. The fraction of sp³-hybridized carbons (Fsp3) is 0.286. The fourth-order valence-corrected chi connectivity index (χ4v) is 3.20. The van der Waals surface area contributed by atoms with Crippen molar-refractivity contribution in [2.24, 2.45) is 5.92 Å². The minimum Gasteiger partial charge on any atom is -0.379 e. The van der Waals surface area contributed by atoms with Gasteiger partial charge in [0.15, 0.2) is 0 Å². The van der Waals surface area contributed by atoms with E-state index in [0.717, 1.165) is 23.3 Å². The largest absolute Gasteiger partial charge is 0.379 e. The number of hydrogen-bond acceptors (Lipinski definition) is 2. The molecule has 1 heterocycles. The van der Waals surface area contributed by atoms with E-state index in [-0.39, 0.29) is 11.7 Å². The van der Waals surface area contributed by atoms with Gasteiger partial charge in [-0.3, -0.25) is 0 Å². The first kappa shape index (κ1) is 10.9. The highest BCUT2D eigenvalue weighted by atomic mass is 32.1. The zero-order valence-corrected chi connectivity index (χ0v) is 10.1. The maximum absolute atomic E-state index is 13.0. The maximum Gasteiger partial charge on any atom is 0.126 e. The van der Waals surface area contributed by atoms with Crippen LogP contribution < -0.4 is 0 Å². The summed E-state index contributed by atoms with van der Waals surface area (Å²) in [4.78, 5) is 0.951. The molecular formula is C14H13FOS. The summed E-state index contributed by atoms with van der Waals surface area (Å²) < 4.78 is 13.0. The van der Waals surface area contributed by atoms with Crippen molar-refractivity contribution in [2.75, 3.05) is 0 Å². The van der Waals surface area contributed by atoms with Crippen molar-refractivity contribution < 1.29 is 9.50 Å². The van der Waals surface area contributed by atoms with Crippen molar-refractivity contribution in [3.63, 3.8) is 0 Å². The van der Waals surface area contributed by atoms with E-state index in [0.29, 0.717) is 0 Å². The molecule has 1 aromatic heterocycles. The molecule has 1 aliphatic carbocycles. The molecule has 88 valence electrons. The van der Waals surface area contributed by atoms with Gasteiger partial charge in [0.25, 0.3) is 0 Å². The molecule has 1 saturated carbocycles. The molecule has 0 bridgehead atoms. The fourth-order valence-electron chi connectivity index (χ4n) is 2.28. The van der Waals surface area contributed by atoms with E-state index in [1.54, 1.807) is 23.5 Å². The van der Waals surface area contributed by atoms with Crippen LogP contribution >= 0.6 is 11.3 Å². The van der Waals surface area contributed by atoms with Crippen LogP contribution in [0.15, 0.2) is 41.8 Å². The number of hydrogen-bond donors (Lipinski definition) is 1. The van der Waals surface area contributed by atoms with Crippen LogP contribution in [0, 0.1) is 11.7 Å². The topological polar surface area (TPSA) is 20.2 Å². The lowest BCUT2D eigenvalue weighted by Crippen LogP contribution is -2.28. The van der Waals surface area contributed by atoms with E-state index < -0.39 is 5.60 Å². The maximum atomic E-state index is 13.0. The van der Waals surface area contributed by atoms with Gasteiger partial charge in [-0.05, 0) is 47.9 Å². The van der Waals surface area contributed by atoms with Gasteiger partial charge in [-0.1, -0.05) is 18.2 Å². The van der Waals surface area contributed by atoms with E-state index >= 15 is 0 Å². The van der Waals surface area contributed by atoms with Crippen molar-refractivity contribution in [2.45, 2.75) is 18.4 Å². The molecule has 1 fully saturated rings. The van der Waals surface area contributed by atoms with Crippen molar-refractivity contribution in [1.82, 2.24) is 0 Å². The first-order valence-corrected chi connectivity index (χ1v) is 6.61. The van der Waals surface area contributed by atoms with Gasteiger partial charge in [-0.2, -0.15) is 0 Å². The van der Waals surface area contributed by atoms with Crippen LogP contribution in [0.1, 0.15) is 23.3 Å². The number of rotatable bonds is 3. The van der Waals surface area contributed by atoms with Crippen LogP contribution in [0.5, 0.6) is 0 Å². The minimum absolute atomic E-state index is 0.266. The van der Waals surface area contributed by atoms with E-state index in [4.69, 9.17) is 0 Å². The van der Waals surface area contributed by atoms with Gasteiger partial charge in [0, 0.05) is 4.88 Å². The highest BCUT2D eigenvalue weighted by molar-refractivity contribution is 7.10. The summed E-state index contributed by atoms with van der Waals surface area (Å²) in [5.74, 6) is 0.00434. The Hall–Kier alpha value is -1.19. The van der Waals surface area contributed by atoms with E-state index in [2.05, 4.69) is 0 Å². The average molecular weight is 248 g/mol. The lowest BCUT2D eigenvalue weighted by molar-refractivity contribution is 0.0601. The lowest BCUT2D eigenvalue weighted by atomic mass is 9.87. The van der Waals surface area contributed by atoms with E-state index in [9.17, 15) is 9.50 Å². The van der Waals surface area contributed by atoms with E-state index in [1.807, 2.05) is 17.5 Å². The highest BCUT2D eigenvalue weighted by Gasteiger charge is 2.47. The summed E-state index contributed by atoms with van der Waals surface area (Å²) >= 11 is 1.55. The summed E-state index contributed by atoms with van der Waals surface area (Å²) in [6, 6.07) is 10.1. The van der Waals surface area contributed by atoms with Crippen LogP contribution in [-0.4, -0.2) is 5.11 Å². The molecule has 1 aromatic carbocycles. The normalized spacial score (nSPS) is 18.9. The van der Waals surface area contributed by atoms with Crippen LogP contribution in [0.2, 0.25) is 0 Å². The second-order valence-electron chi connectivity index (χ2n) is 4.52. The van der Waals surface area contributed by atoms with Crippen molar-refractivity contribution in [3.8, 4) is 0 Å². The molecule has 3 heteroatoms. The predicted octanol–water partition coefficient (Wildman–Crippen LogP) is 3.53. The molecular weight excluding hydrogens is 235 g/mol. The molecule has 1 N–H and O–H groups in total. The smallest absolute Gasteiger partial charge is 0.126 e. The third kappa shape index (κ3) is 1.79. The van der Waals surface area contributed by atoms with Crippen molar-refractivity contribution in [1.29, 1.82) is 0 Å². The molecule has 0 aliphatic heterocycles. The molecule has 1 atom stereocenters. The van der Waals surface area contributed by atoms with Gasteiger partial charge >= 0.3 is 0 Å². The summed E-state index contributed by atoms with van der Waals surface area (Å²) in [6.45, 7) is 0. The first-order chi connectivity index (χ1) is 8.21. The van der Waals surface area contributed by atoms with Gasteiger partial charge < -0.3 is 5.11 Å². The Labute approximate surface area is 104 Å². The summed E-state index contributed by atoms with van der Waals surface area (Å²) in [5.41, 5.74) is -0.133. The number of thiophene rings is 1. The van der Waals surface area contributed by atoms with Gasteiger partial charge in [-0.25, -0.2) is 4.39 Å². The molecule has 0 amide bonds. The average Bonchev–Trinajstić information content (AvgIpc) is 3.05. The summed E-state index contributed by atoms with van der Waals surface area (Å²) in [6.07, 6.45) is 2.07. The Morgan fingerprint density at radius 2 is 1.88 bits per heavy atom. The molecule has 0 unspecified atom stereocenters. The molecule has 17 heavy (non-hydrogen) atoms. The third-order valence-corrected chi connectivity index (χ3v) is 4.34. The Balaban J connectivity index is 2.08. The molecule has 0 radical (unpaired) electrons. The molecule has 1 nitrogen and oxygen atoms in total. The highest BCUT2D eigenvalue weighted by Crippen LogP contribution is 2.50. The zero-order chi connectivity index (χ0) is 11.9. The molecule has 3 rings (SSSR count). The predicted molar refractivity (Wildman–Crippen MR) is 66.4 cm³/mol. The van der Waals surface area contributed by atoms with Gasteiger partial charge in [0.05, 0.1) is 0 Å². The summed E-state index contributed by atoms with van der Waals surface area (Å²) in [7, 11) is 0. The van der Waals surface area contributed by atoms with Gasteiger partial charge in [0.2, 0.25) is 0 Å². The second-order valence-corrected chi connectivity index (χ2v) is 5.47. The number of aliphatic hydroxyl groups is 1. The Bertz CT molecular complexity index is 502. The standard InChI is InChI=1S/C14H13FOS/c15-12-7-5-11(6-8-12)14(16,10-3-4-10)13-2-1-9-17-13/h1-2,5-10,16H,3-4H2/t14-/m1/s1. The van der Waals surface area contributed by atoms with Crippen LogP contribution in [-0.2, 0) is 5.60 Å². The zero-order valence-electron chi connectivity index (χ0n) is 9.27. The van der Waals surface area contributed by atoms with Crippen LogP contribution in [0.25, 0.3) is 0 Å². The van der Waals surface area contributed by atoms with Crippen molar-refractivity contribution >= 4 is 11.3 Å². The molecule has 0 spiro atoms. The molecule has 0 saturated heterocycles. The van der Waals surface area contributed by atoms with Crippen LogP contribution in [0.4, 0.5) is 4.39 Å². The third-order valence-electron chi connectivity index (χ3n) is 3.35. The Kier molecular flexibility index (Phi) is 2.53. The minimum atomic E-state index is -0.929. The van der Waals surface area contributed by atoms with Gasteiger partial charge in [-0.15, -0.1) is 11.3 Å². The Morgan fingerprint density at radius 1 is 1.18 bits per heavy atom. The van der Waals surface area contributed by atoms with Crippen molar-refractivity contribution in [3.05, 3.63) is 58.0 Å². The first-order valence-electron chi connectivity index (χ1n) is 5.73. The molecule has 2 aromatic rings.